The molecular formula is C11H10N2O2. The quantitative estimate of drug-likeness (QED) is 0.811. The van der Waals surface area contributed by atoms with E-state index in [-0.39, 0.29) is 5.75 Å². The summed E-state index contributed by atoms with van der Waals surface area (Å²) in [6, 6.07) is 8.29. The van der Waals surface area contributed by atoms with Crippen LogP contribution in [0.15, 0.2) is 36.7 Å². The molecule has 0 radical (unpaired) electrons. The molecule has 15 heavy (non-hydrogen) atoms. The molecule has 0 bridgehead atoms. The van der Waals surface area contributed by atoms with Crippen LogP contribution >= 0.6 is 0 Å². The zero-order chi connectivity index (χ0) is 10.7. The van der Waals surface area contributed by atoms with Crippen molar-refractivity contribution in [2.24, 2.45) is 0 Å². The molecule has 0 aliphatic rings. The third-order valence-corrected chi connectivity index (χ3v) is 1.82. The molecule has 4 nitrogen and oxygen atoms in total. The molecule has 0 spiro atoms. The van der Waals surface area contributed by atoms with Crippen molar-refractivity contribution in [2.75, 3.05) is 0 Å². The molecule has 4 heteroatoms. The van der Waals surface area contributed by atoms with Gasteiger partial charge in [-0.15, -0.1) is 0 Å². The van der Waals surface area contributed by atoms with E-state index in [1.807, 2.05) is 6.92 Å². The average molecular weight is 202 g/mol. The highest BCUT2D eigenvalue weighted by atomic mass is 16.5. The van der Waals surface area contributed by atoms with Crippen LogP contribution in [0, 0.1) is 6.92 Å². The lowest BCUT2D eigenvalue weighted by molar-refractivity contribution is 0.444. The van der Waals surface area contributed by atoms with E-state index in [9.17, 15) is 5.11 Å². The van der Waals surface area contributed by atoms with Gasteiger partial charge in [-0.3, -0.25) is 0 Å². The number of benzene rings is 1. The Labute approximate surface area is 87.2 Å². The molecule has 2 aromatic rings. The van der Waals surface area contributed by atoms with Gasteiger partial charge in [-0.1, -0.05) is 6.07 Å². The fraction of sp³-hybridized carbons (Fsp3) is 0.0909. The Kier molecular flexibility index (Phi) is 2.49. The van der Waals surface area contributed by atoms with Crippen molar-refractivity contribution in [1.82, 2.24) is 9.97 Å². The standard InChI is InChI=1S/C11H10N2O2/c1-8-5-11(13-7-12-8)15-10-4-2-3-9(14)6-10/h2-7,14H,1H3. The molecule has 0 amide bonds. The highest BCUT2D eigenvalue weighted by Gasteiger charge is 1.99. The third-order valence-electron chi connectivity index (χ3n) is 1.82. The third kappa shape index (κ3) is 2.43. The Bertz CT molecular complexity index is 428. The van der Waals surface area contributed by atoms with Crippen molar-refractivity contribution in [3.63, 3.8) is 0 Å². The van der Waals surface area contributed by atoms with Crippen molar-refractivity contribution in [2.45, 2.75) is 6.92 Å². The number of ether oxygens (including phenoxy) is 1. The summed E-state index contributed by atoms with van der Waals surface area (Å²) in [5.41, 5.74) is 0.833. The van der Waals surface area contributed by atoms with Crippen molar-refractivity contribution >= 4 is 0 Å². The lowest BCUT2D eigenvalue weighted by atomic mass is 10.3. The van der Waals surface area contributed by atoms with Crippen molar-refractivity contribution < 1.29 is 9.84 Å². The second-order valence-corrected chi connectivity index (χ2v) is 3.10. The van der Waals surface area contributed by atoms with Crippen molar-refractivity contribution in [3.8, 4) is 17.4 Å². The fourth-order valence-corrected chi connectivity index (χ4v) is 1.15. The smallest absolute Gasteiger partial charge is 0.222 e. The molecule has 0 fully saturated rings. The predicted octanol–water partition coefficient (Wildman–Crippen LogP) is 2.28. The Hall–Kier alpha value is -2.10. The van der Waals surface area contributed by atoms with E-state index < -0.39 is 0 Å². The van der Waals surface area contributed by atoms with Crippen LogP contribution in [-0.4, -0.2) is 15.1 Å². The van der Waals surface area contributed by atoms with Gasteiger partial charge in [-0.25, -0.2) is 9.97 Å². The first-order valence-electron chi connectivity index (χ1n) is 4.49. The fourth-order valence-electron chi connectivity index (χ4n) is 1.15. The number of aryl methyl sites for hydroxylation is 1. The zero-order valence-corrected chi connectivity index (χ0v) is 8.21. The number of phenolic OH excluding ortho intramolecular Hbond substituents is 1. The van der Waals surface area contributed by atoms with Gasteiger partial charge in [0.05, 0.1) is 0 Å². The summed E-state index contributed by atoms with van der Waals surface area (Å²) in [5.74, 6) is 1.18. The van der Waals surface area contributed by atoms with Crippen molar-refractivity contribution in [1.29, 1.82) is 0 Å². The number of hydrogen-bond acceptors (Lipinski definition) is 4. The van der Waals surface area contributed by atoms with Crippen molar-refractivity contribution in [3.05, 3.63) is 42.4 Å². The lowest BCUT2D eigenvalue weighted by Crippen LogP contribution is -1.90. The first kappa shape index (κ1) is 9.45. The van der Waals surface area contributed by atoms with E-state index in [2.05, 4.69) is 9.97 Å². The van der Waals surface area contributed by atoms with Crippen LogP contribution < -0.4 is 4.74 Å². The number of aromatic nitrogens is 2. The molecule has 0 saturated heterocycles. The van der Waals surface area contributed by atoms with Gasteiger partial charge in [-0.2, -0.15) is 0 Å². The molecule has 2 rings (SSSR count). The second-order valence-electron chi connectivity index (χ2n) is 3.10. The largest absolute Gasteiger partial charge is 0.508 e. The highest BCUT2D eigenvalue weighted by Crippen LogP contribution is 2.22. The number of rotatable bonds is 2. The molecule has 76 valence electrons. The minimum absolute atomic E-state index is 0.165. The van der Waals surface area contributed by atoms with Crippen LogP contribution in [0.25, 0.3) is 0 Å². The Morgan fingerprint density at radius 2 is 2.07 bits per heavy atom. The zero-order valence-electron chi connectivity index (χ0n) is 8.21. The maximum Gasteiger partial charge on any atom is 0.222 e. The van der Waals surface area contributed by atoms with Gasteiger partial charge in [0.25, 0.3) is 0 Å². The maximum absolute atomic E-state index is 9.23. The molecule has 0 saturated carbocycles. The number of aromatic hydroxyl groups is 1. The minimum Gasteiger partial charge on any atom is -0.508 e. The Morgan fingerprint density at radius 1 is 1.20 bits per heavy atom. The predicted molar refractivity (Wildman–Crippen MR) is 54.9 cm³/mol. The summed E-state index contributed by atoms with van der Waals surface area (Å²) < 4.78 is 5.43. The summed E-state index contributed by atoms with van der Waals surface area (Å²) >= 11 is 0. The molecular weight excluding hydrogens is 192 g/mol. The number of nitrogens with zero attached hydrogens (tertiary/aromatic N) is 2. The molecule has 1 heterocycles. The van der Waals surface area contributed by atoms with E-state index in [0.717, 1.165) is 5.69 Å². The van der Waals surface area contributed by atoms with E-state index >= 15 is 0 Å². The summed E-state index contributed by atoms with van der Waals surface area (Å²) in [6.07, 6.45) is 1.44. The molecule has 1 aromatic carbocycles. The van der Waals surface area contributed by atoms with E-state index in [1.165, 1.54) is 12.4 Å². The summed E-state index contributed by atoms with van der Waals surface area (Å²) in [6.45, 7) is 1.86. The first-order valence-corrected chi connectivity index (χ1v) is 4.49. The number of hydrogen-bond donors (Lipinski definition) is 1. The summed E-state index contributed by atoms with van der Waals surface area (Å²) in [4.78, 5) is 7.91. The monoisotopic (exact) mass is 202 g/mol. The van der Waals surface area contributed by atoms with E-state index in [4.69, 9.17) is 4.74 Å². The van der Waals surface area contributed by atoms with Gasteiger partial charge in [0.15, 0.2) is 0 Å². The van der Waals surface area contributed by atoms with Gasteiger partial charge < -0.3 is 9.84 Å². The summed E-state index contributed by atoms with van der Waals surface area (Å²) in [7, 11) is 0. The Morgan fingerprint density at radius 3 is 2.80 bits per heavy atom. The van der Waals surface area contributed by atoms with Crippen LogP contribution in [0.5, 0.6) is 17.4 Å². The van der Waals surface area contributed by atoms with Gasteiger partial charge >= 0.3 is 0 Å². The average Bonchev–Trinajstić information content (AvgIpc) is 2.17. The van der Waals surface area contributed by atoms with E-state index in [0.29, 0.717) is 11.6 Å². The van der Waals surface area contributed by atoms with Crippen LogP contribution in [0.2, 0.25) is 0 Å². The van der Waals surface area contributed by atoms with Gasteiger partial charge in [0.1, 0.15) is 17.8 Å². The second kappa shape index (κ2) is 3.96. The molecule has 0 aliphatic heterocycles. The minimum atomic E-state index is 0.165. The maximum atomic E-state index is 9.23. The molecule has 0 unspecified atom stereocenters. The van der Waals surface area contributed by atoms with Gasteiger partial charge in [0.2, 0.25) is 5.88 Å². The van der Waals surface area contributed by atoms with Gasteiger partial charge in [0, 0.05) is 17.8 Å². The molecule has 1 N–H and O–H groups in total. The normalized spacial score (nSPS) is 9.93. The highest BCUT2D eigenvalue weighted by molar-refractivity contribution is 5.34. The topological polar surface area (TPSA) is 55.2 Å². The van der Waals surface area contributed by atoms with Gasteiger partial charge in [-0.05, 0) is 19.1 Å². The van der Waals surface area contributed by atoms with Crippen LogP contribution in [0.3, 0.4) is 0 Å². The van der Waals surface area contributed by atoms with E-state index in [1.54, 1.807) is 24.3 Å². The van der Waals surface area contributed by atoms with Crippen LogP contribution in [0.4, 0.5) is 0 Å². The van der Waals surface area contributed by atoms with Crippen LogP contribution in [0.1, 0.15) is 5.69 Å². The SMILES string of the molecule is Cc1cc(Oc2cccc(O)c2)ncn1. The van der Waals surface area contributed by atoms with Crippen LogP contribution in [-0.2, 0) is 0 Å². The summed E-state index contributed by atoms with van der Waals surface area (Å²) in [5, 5.41) is 9.23. The lowest BCUT2D eigenvalue weighted by Gasteiger charge is -2.04. The number of phenols is 1. The molecule has 0 aliphatic carbocycles. The molecule has 1 aromatic heterocycles. The molecule has 0 atom stereocenters. The first-order chi connectivity index (χ1) is 7.24. The Balaban J connectivity index is 2.22.